The Morgan fingerprint density at radius 1 is 1.33 bits per heavy atom. The van der Waals surface area contributed by atoms with E-state index in [0.717, 1.165) is 36.3 Å². The van der Waals surface area contributed by atoms with Crippen molar-refractivity contribution in [1.82, 2.24) is 10.3 Å². The molecule has 0 spiro atoms. The van der Waals surface area contributed by atoms with E-state index in [1.54, 1.807) is 11.9 Å². The van der Waals surface area contributed by atoms with Gasteiger partial charge in [-0.1, -0.05) is 12.1 Å². The predicted molar refractivity (Wildman–Crippen MR) is 96.3 cm³/mol. The molecule has 0 bridgehead atoms. The van der Waals surface area contributed by atoms with E-state index in [2.05, 4.69) is 15.6 Å². The van der Waals surface area contributed by atoms with Crippen LogP contribution in [0, 0.1) is 0 Å². The highest BCUT2D eigenvalue weighted by Crippen LogP contribution is 2.28. The van der Waals surface area contributed by atoms with Crippen molar-refractivity contribution in [2.45, 2.75) is 25.8 Å². The summed E-state index contributed by atoms with van der Waals surface area (Å²) in [6.07, 6.45) is 1.92. The van der Waals surface area contributed by atoms with Crippen LogP contribution in [0.3, 0.4) is 0 Å². The van der Waals surface area contributed by atoms with Gasteiger partial charge < -0.3 is 10.6 Å². The Bertz CT molecular complexity index is 735. The number of likely N-dealkylation sites (N-methyl/N-ethyl adjacent to an activating group) is 1. The lowest BCUT2D eigenvalue weighted by Crippen LogP contribution is -2.41. The van der Waals surface area contributed by atoms with Crippen LogP contribution in [0.4, 0.5) is 10.8 Å². The Morgan fingerprint density at radius 2 is 2.08 bits per heavy atom. The Hall–Kier alpha value is -2.25. The number of carbonyl (C=O) groups is 2. The van der Waals surface area contributed by atoms with Crippen LogP contribution in [0.1, 0.15) is 19.8 Å². The first-order valence-corrected chi connectivity index (χ1v) is 8.77. The van der Waals surface area contributed by atoms with Crippen molar-refractivity contribution in [3.63, 3.8) is 0 Å². The molecule has 1 fully saturated rings. The minimum absolute atomic E-state index is 0.0643. The van der Waals surface area contributed by atoms with Crippen LogP contribution in [0.25, 0.3) is 11.3 Å². The van der Waals surface area contributed by atoms with Crippen molar-refractivity contribution in [3.05, 3.63) is 29.6 Å². The Morgan fingerprint density at radius 3 is 2.71 bits per heavy atom. The third-order valence-corrected chi connectivity index (χ3v) is 4.89. The molecule has 0 unspecified atom stereocenters. The number of rotatable bonds is 4. The second kappa shape index (κ2) is 7.11. The minimum atomic E-state index is -0.0979. The lowest BCUT2D eigenvalue weighted by atomic mass is 10.1. The van der Waals surface area contributed by atoms with E-state index in [0.29, 0.717) is 5.13 Å². The van der Waals surface area contributed by atoms with Gasteiger partial charge in [-0.25, -0.2) is 4.98 Å². The average Bonchev–Trinajstić information content (AvgIpc) is 3.25. The maximum atomic E-state index is 12.4. The second-order valence-electron chi connectivity index (χ2n) is 5.82. The maximum Gasteiger partial charge on any atom is 0.245 e. The van der Waals surface area contributed by atoms with Crippen molar-refractivity contribution in [3.8, 4) is 11.3 Å². The van der Waals surface area contributed by atoms with Crippen LogP contribution >= 0.6 is 11.3 Å². The first kappa shape index (κ1) is 16.6. The number of nitrogens with one attached hydrogen (secondary N) is 2. The summed E-state index contributed by atoms with van der Waals surface area (Å²) in [5.74, 6) is -0.0336. The lowest BCUT2D eigenvalue weighted by molar-refractivity contribution is -0.120. The zero-order valence-electron chi connectivity index (χ0n) is 13.7. The molecular formula is C17H20N4O2S. The van der Waals surface area contributed by atoms with E-state index in [1.807, 2.05) is 29.6 Å². The molecule has 2 amide bonds. The fourth-order valence-electron chi connectivity index (χ4n) is 2.70. The third-order valence-electron chi connectivity index (χ3n) is 3.97. The molecular weight excluding hydrogens is 324 g/mol. The Balaban J connectivity index is 1.72. The van der Waals surface area contributed by atoms with Gasteiger partial charge in [0.05, 0.1) is 11.7 Å². The van der Waals surface area contributed by atoms with Gasteiger partial charge in [-0.2, -0.15) is 0 Å². The normalized spacial score (nSPS) is 16.8. The summed E-state index contributed by atoms with van der Waals surface area (Å²) in [7, 11) is 1.77. The summed E-state index contributed by atoms with van der Waals surface area (Å²) in [6.45, 7) is 2.38. The summed E-state index contributed by atoms with van der Waals surface area (Å²) in [5, 5.41) is 8.58. The SMILES string of the molecule is CC(=O)Nc1ccc(-c2csc(N(C)C(=O)[C@@H]3CCCN3)n2)cc1. The number of carbonyl (C=O) groups excluding carboxylic acids is 2. The lowest BCUT2D eigenvalue weighted by Gasteiger charge is -2.18. The van der Waals surface area contributed by atoms with Gasteiger partial charge in [0.1, 0.15) is 0 Å². The van der Waals surface area contributed by atoms with Crippen LogP contribution in [-0.4, -0.2) is 36.4 Å². The van der Waals surface area contributed by atoms with E-state index < -0.39 is 0 Å². The molecule has 1 aromatic carbocycles. The topological polar surface area (TPSA) is 74.3 Å². The van der Waals surface area contributed by atoms with Crippen LogP contribution < -0.4 is 15.5 Å². The molecule has 1 aliphatic rings. The zero-order valence-corrected chi connectivity index (χ0v) is 14.5. The number of aromatic nitrogens is 1. The third kappa shape index (κ3) is 3.63. The Kier molecular flexibility index (Phi) is 4.92. The van der Waals surface area contributed by atoms with E-state index in [4.69, 9.17) is 0 Å². The molecule has 6 nitrogen and oxygen atoms in total. The van der Waals surface area contributed by atoms with Gasteiger partial charge in [0.15, 0.2) is 5.13 Å². The molecule has 126 valence electrons. The molecule has 7 heteroatoms. The monoisotopic (exact) mass is 344 g/mol. The van der Waals surface area contributed by atoms with Crippen LogP contribution in [0.5, 0.6) is 0 Å². The van der Waals surface area contributed by atoms with Crippen LogP contribution in [0.2, 0.25) is 0 Å². The molecule has 0 saturated carbocycles. The fourth-order valence-corrected chi connectivity index (χ4v) is 3.51. The number of nitrogens with zero attached hydrogens (tertiary/aromatic N) is 2. The molecule has 0 radical (unpaired) electrons. The van der Waals surface area contributed by atoms with Gasteiger partial charge in [0.2, 0.25) is 11.8 Å². The molecule has 3 rings (SSSR count). The molecule has 1 atom stereocenters. The summed E-state index contributed by atoms with van der Waals surface area (Å²) in [4.78, 5) is 29.7. The van der Waals surface area contributed by atoms with Crippen LogP contribution in [0.15, 0.2) is 29.6 Å². The van der Waals surface area contributed by atoms with Gasteiger partial charge in [-0.15, -0.1) is 11.3 Å². The van der Waals surface area contributed by atoms with Crippen LogP contribution in [-0.2, 0) is 9.59 Å². The van der Waals surface area contributed by atoms with E-state index in [-0.39, 0.29) is 17.9 Å². The van der Waals surface area contributed by atoms with Gasteiger partial charge in [0, 0.05) is 30.6 Å². The smallest absolute Gasteiger partial charge is 0.245 e. The standard InChI is InChI=1S/C17H20N4O2S/c1-11(22)19-13-7-5-12(6-8-13)15-10-24-17(20-15)21(2)16(23)14-4-3-9-18-14/h5-8,10,14,18H,3-4,9H2,1-2H3,(H,19,22)/t14-/m0/s1. The molecule has 2 N–H and O–H groups in total. The summed E-state index contributed by atoms with van der Waals surface area (Å²) >= 11 is 1.45. The highest BCUT2D eigenvalue weighted by molar-refractivity contribution is 7.14. The van der Waals surface area contributed by atoms with Gasteiger partial charge in [-0.3, -0.25) is 14.5 Å². The number of hydrogen-bond acceptors (Lipinski definition) is 5. The first-order chi connectivity index (χ1) is 11.5. The largest absolute Gasteiger partial charge is 0.326 e. The summed E-state index contributed by atoms with van der Waals surface area (Å²) < 4.78 is 0. The molecule has 0 aliphatic carbocycles. The Labute approximate surface area is 144 Å². The zero-order chi connectivity index (χ0) is 17.1. The van der Waals surface area contributed by atoms with E-state index in [9.17, 15) is 9.59 Å². The summed E-state index contributed by atoms with van der Waals surface area (Å²) in [5.41, 5.74) is 2.52. The summed E-state index contributed by atoms with van der Waals surface area (Å²) in [6, 6.07) is 7.40. The maximum absolute atomic E-state index is 12.4. The molecule has 24 heavy (non-hydrogen) atoms. The second-order valence-corrected chi connectivity index (χ2v) is 6.66. The van der Waals surface area contributed by atoms with Gasteiger partial charge in [-0.05, 0) is 31.5 Å². The van der Waals surface area contributed by atoms with Crippen molar-refractivity contribution in [1.29, 1.82) is 0 Å². The number of thiazole rings is 1. The molecule has 2 aromatic rings. The first-order valence-electron chi connectivity index (χ1n) is 7.89. The number of anilines is 2. The van der Waals surface area contributed by atoms with Crippen molar-refractivity contribution < 1.29 is 9.59 Å². The van der Waals surface area contributed by atoms with E-state index in [1.165, 1.54) is 18.3 Å². The number of benzene rings is 1. The number of amides is 2. The van der Waals surface area contributed by atoms with Crippen molar-refractivity contribution >= 4 is 34.0 Å². The highest BCUT2D eigenvalue weighted by Gasteiger charge is 2.26. The molecule has 2 heterocycles. The quantitative estimate of drug-likeness (QED) is 0.894. The highest BCUT2D eigenvalue weighted by atomic mass is 32.1. The average molecular weight is 344 g/mol. The van der Waals surface area contributed by atoms with E-state index >= 15 is 0 Å². The van der Waals surface area contributed by atoms with Gasteiger partial charge >= 0.3 is 0 Å². The van der Waals surface area contributed by atoms with Crippen molar-refractivity contribution in [2.24, 2.45) is 0 Å². The molecule has 1 aliphatic heterocycles. The van der Waals surface area contributed by atoms with Crippen molar-refractivity contribution in [2.75, 3.05) is 23.8 Å². The van der Waals surface area contributed by atoms with Gasteiger partial charge in [0.25, 0.3) is 0 Å². The predicted octanol–water partition coefficient (Wildman–Crippen LogP) is 2.48. The number of hydrogen-bond donors (Lipinski definition) is 2. The minimum Gasteiger partial charge on any atom is -0.326 e. The molecule has 1 saturated heterocycles. The molecule has 1 aromatic heterocycles. The fraction of sp³-hybridized carbons (Fsp3) is 0.353.